The summed E-state index contributed by atoms with van der Waals surface area (Å²) in [5, 5.41) is 17.0. The Kier molecular flexibility index (Phi) is 6.78. The third-order valence-electron chi connectivity index (χ3n) is 6.46. The molecule has 160 valence electrons. The van der Waals surface area contributed by atoms with Gasteiger partial charge in [-0.15, -0.1) is 0 Å². The minimum Gasteiger partial charge on any atom is -0.411 e. The third kappa shape index (κ3) is 5.02. The van der Waals surface area contributed by atoms with Crippen molar-refractivity contribution in [3.8, 4) is 0 Å². The number of nitrogens with one attached hydrogen (secondary N) is 1. The summed E-state index contributed by atoms with van der Waals surface area (Å²) in [5.41, 5.74) is 7.70. The van der Waals surface area contributed by atoms with Gasteiger partial charge in [0.2, 0.25) is 0 Å². The molecule has 1 fully saturated rings. The number of benzene rings is 2. The Morgan fingerprint density at radius 2 is 1.81 bits per heavy atom. The van der Waals surface area contributed by atoms with E-state index in [1.807, 2.05) is 19.1 Å². The maximum atomic E-state index is 9.86. The maximum Gasteiger partial charge on any atom is 0.0878 e. The summed E-state index contributed by atoms with van der Waals surface area (Å²) in [6, 6.07) is 21.5. The lowest BCUT2D eigenvalue weighted by atomic mass is 9.82. The van der Waals surface area contributed by atoms with E-state index in [0.717, 1.165) is 24.3 Å². The Labute approximate surface area is 185 Å². The van der Waals surface area contributed by atoms with Crippen molar-refractivity contribution in [2.24, 2.45) is 5.16 Å². The second-order valence-electron chi connectivity index (χ2n) is 8.54. The summed E-state index contributed by atoms with van der Waals surface area (Å²) in [4.78, 5) is 4.28. The first-order valence-electron chi connectivity index (χ1n) is 11.2. The summed E-state index contributed by atoms with van der Waals surface area (Å²) in [5.74, 6) is 0.754. The molecule has 1 aliphatic rings. The van der Waals surface area contributed by atoms with Crippen LogP contribution in [-0.4, -0.2) is 29.0 Å². The van der Waals surface area contributed by atoms with Gasteiger partial charge in [-0.25, -0.2) is 0 Å². The molecule has 1 saturated heterocycles. The summed E-state index contributed by atoms with van der Waals surface area (Å²) >= 11 is 0. The zero-order chi connectivity index (χ0) is 21.6. The average molecular weight is 414 g/mol. The van der Waals surface area contributed by atoms with E-state index < -0.39 is 0 Å². The van der Waals surface area contributed by atoms with Crippen LogP contribution in [0.15, 0.2) is 72.0 Å². The van der Waals surface area contributed by atoms with E-state index in [2.05, 4.69) is 70.9 Å². The Morgan fingerprint density at radius 3 is 2.48 bits per heavy atom. The number of nitrogens with zero attached hydrogens (tertiary/aromatic N) is 2. The Bertz CT molecular complexity index is 1040. The topological polar surface area (TPSA) is 57.5 Å². The summed E-state index contributed by atoms with van der Waals surface area (Å²) < 4.78 is 0. The monoisotopic (exact) mass is 413 g/mol. The number of hydrogen-bond donors (Lipinski definition) is 2. The molecule has 1 atom stereocenters. The summed E-state index contributed by atoms with van der Waals surface area (Å²) in [7, 11) is 0. The van der Waals surface area contributed by atoms with E-state index in [1.165, 1.54) is 35.1 Å². The van der Waals surface area contributed by atoms with Gasteiger partial charge in [0.1, 0.15) is 0 Å². The molecule has 1 aliphatic heterocycles. The quantitative estimate of drug-likeness (QED) is 0.316. The molecule has 2 aromatic carbocycles. The summed E-state index contributed by atoms with van der Waals surface area (Å²) in [6.07, 6.45) is 4.79. The highest BCUT2D eigenvalue weighted by Crippen LogP contribution is 2.34. The Balaban J connectivity index is 1.67. The lowest BCUT2D eigenvalue weighted by molar-refractivity contribution is 0.317. The number of hydrogen-bond acceptors (Lipinski definition) is 4. The predicted octanol–water partition coefficient (Wildman–Crippen LogP) is 5.57. The van der Waals surface area contributed by atoms with E-state index in [-0.39, 0.29) is 5.92 Å². The second kappa shape index (κ2) is 9.88. The Morgan fingerprint density at radius 1 is 1.06 bits per heavy atom. The molecule has 0 bridgehead atoms. The van der Waals surface area contributed by atoms with Gasteiger partial charge >= 0.3 is 0 Å². The van der Waals surface area contributed by atoms with Crippen LogP contribution in [0.1, 0.15) is 64.6 Å². The van der Waals surface area contributed by atoms with E-state index in [1.54, 1.807) is 6.20 Å². The van der Waals surface area contributed by atoms with E-state index >= 15 is 0 Å². The molecule has 3 aromatic rings. The van der Waals surface area contributed by atoms with Crippen LogP contribution >= 0.6 is 0 Å². The molecule has 31 heavy (non-hydrogen) atoms. The minimum absolute atomic E-state index is 0.114. The van der Waals surface area contributed by atoms with Gasteiger partial charge < -0.3 is 10.5 Å². The molecule has 2 heterocycles. The standard InChI is InChI=1S/C27H31N3O/c1-19-5-3-4-6-25(19)26(18-27(30-31)24-13-16-29-20(2)17-24)23-9-7-21(8-10-23)22-11-14-28-15-12-22/h3-10,13,16-17,22,26,28,31H,11-12,14-15,18H2,1-2H3/b30-27+/t26-/m1/s1. The van der Waals surface area contributed by atoms with Gasteiger partial charge in [0.25, 0.3) is 0 Å². The Hall–Kier alpha value is -2.98. The summed E-state index contributed by atoms with van der Waals surface area (Å²) in [6.45, 7) is 6.30. The number of oxime groups is 1. The van der Waals surface area contributed by atoms with Crippen molar-refractivity contribution in [3.05, 3.63) is 100 Å². The lowest BCUT2D eigenvalue weighted by Gasteiger charge is -2.24. The first kappa shape index (κ1) is 21.3. The molecule has 0 radical (unpaired) electrons. The van der Waals surface area contributed by atoms with Crippen LogP contribution in [0.3, 0.4) is 0 Å². The first-order valence-corrected chi connectivity index (χ1v) is 11.2. The molecule has 0 amide bonds. The smallest absolute Gasteiger partial charge is 0.0878 e. The molecular formula is C27H31N3O. The third-order valence-corrected chi connectivity index (χ3v) is 6.46. The van der Waals surface area contributed by atoms with Crippen LogP contribution in [0.2, 0.25) is 0 Å². The highest BCUT2D eigenvalue weighted by Gasteiger charge is 2.21. The molecule has 0 aliphatic carbocycles. The van der Waals surface area contributed by atoms with Crippen LogP contribution in [0.25, 0.3) is 0 Å². The van der Waals surface area contributed by atoms with Crippen molar-refractivity contribution >= 4 is 5.71 Å². The van der Waals surface area contributed by atoms with Gasteiger partial charge in [-0.1, -0.05) is 53.7 Å². The van der Waals surface area contributed by atoms with E-state index in [4.69, 9.17) is 0 Å². The molecule has 4 nitrogen and oxygen atoms in total. The van der Waals surface area contributed by atoms with Crippen LogP contribution in [0, 0.1) is 13.8 Å². The van der Waals surface area contributed by atoms with Crippen LogP contribution in [0.5, 0.6) is 0 Å². The van der Waals surface area contributed by atoms with Crippen molar-refractivity contribution < 1.29 is 5.21 Å². The first-order chi connectivity index (χ1) is 15.2. The fourth-order valence-corrected chi connectivity index (χ4v) is 4.68. The van der Waals surface area contributed by atoms with Crippen molar-refractivity contribution in [2.45, 2.75) is 44.9 Å². The molecule has 0 saturated carbocycles. The zero-order valence-electron chi connectivity index (χ0n) is 18.4. The van der Waals surface area contributed by atoms with Gasteiger partial charge in [0.05, 0.1) is 5.71 Å². The number of aromatic nitrogens is 1. The molecule has 1 aromatic heterocycles. The molecule has 4 heteroatoms. The van der Waals surface area contributed by atoms with Gasteiger partial charge in [-0.05, 0) is 80.1 Å². The maximum absolute atomic E-state index is 9.86. The highest BCUT2D eigenvalue weighted by molar-refractivity contribution is 6.00. The van der Waals surface area contributed by atoms with Crippen molar-refractivity contribution in [2.75, 3.05) is 13.1 Å². The number of rotatable bonds is 6. The predicted molar refractivity (Wildman–Crippen MR) is 126 cm³/mol. The number of piperidine rings is 1. The minimum atomic E-state index is 0.114. The molecule has 0 unspecified atom stereocenters. The van der Waals surface area contributed by atoms with Crippen LogP contribution < -0.4 is 5.32 Å². The van der Waals surface area contributed by atoms with Crippen LogP contribution in [0.4, 0.5) is 0 Å². The normalized spacial score (nSPS) is 16.3. The van der Waals surface area contributed by atoms with Crippen LogP contribution in [-0.2, 0) is 0 Å². The lowest BCUT2D eigenvalue weighted by Crippen LogP contribution is -2.26. The fraction of sp³-hybridized carbons (Fsp3) is 0.333. The van der Waals surface area contributed by atoms with Gasteiger partial charge in [-0.2, -0.15) is 0 Å². The average Bonchev–Trinajstić information content (AvgIpc) is 2.81. The van der Waals surface area contributed by atoms with Crippen molar-refractivity contribution in [1.29, 1.82) is 0 Å². The van der Waals surface area contributed by atoms with E-state index in [0.29, 0.717) is 18.1 Å². The van der Waals surface area contributed by atoms with Crippen molar-refractivity contribution in [1.82, 2.24) is 10.3 Å². The molecule has 2 N–H and O–H groups in total. The molecular weight excluding hydrogens is 382 g/mol. The zero-order valence-corrected chi connectivity index (χ0v) is 18.4. The number of aryl methyl sites for hydroxylation is 2. The molecule has 0 spiro atoms. The van der Waals surface area contributed by atoms with Crippen molar-refractivity contribution in [3.63, 3.8) is 0 Å². The van der Waals surface area contributed by atoms with Gasteiger partial charge in [0.15, 0.2) is 0 Å². The largest absolute Gasteiger partial charge is 0.411 e. The van der Waals surface area contributed by atoms with Gasteiger partial charge in [-0.3, -0.25) is 4.98 Å². The highest BCUT2D eigenvalue weighted by atomic mass is 16.4. The van der Waals surface area contributed by atoms with E-state index in [9.17, 15) is 5.21 Å². The van der Waals surface area contributed by atoms with Gasteiger partial charge in [0, 0.05) is 29.8 Å². The SMILES string of the molecule is Cc1cc(/C(C[C@H](c2ccc(C3CCNCC3)cc2)c2ccccc2C)=N/O)ccn1. The number of pyridine rings is 1. The second-order valence-corrected chi connectivity index (χ2v) is 8.54. The molecule has 4 rings (SSSR count). The fourth-order valence-electron chi connectivity index (χ4n) is 4.68.